The van der Waals surface area contributed by atoms with Crippen molar-refractivity contribution >= 4 is 21.4 Å². The van der Waals surface area contributed by atoms with E-state index in [2.05, 4.69) is 53.7 Å². The van der Waals surface area contributed by atoms with Gasteiger partial charge in [-0.15, -0.1) is 0 Å². The molecule has 8 heteroatoms. The van der Waals surface area contributed by atoms with Crippen LogP contribution in [0.1, 0.15) is 97.6 Å². The third kappa shape index (κ3) is 8.03. The number of primary sulfonamides is 1. The summed E-state index contributed by atoms with van der Waals surface area (Å²) in [5.74, 6) is 1.70. The second-order valence-electron chi connectivity index (χ2n) is 10.5. The molecule has 0 aromatic heterocycles. The highest BCUT2D eigenvalue weighted by Gasteiger charge is 2.22. The van der Waals surface area contributed by atoms with E-state index in [0.717, 1.165) is 72.7 Å². The first-order valence-corrected chi connectivity index (χ1v) is 15.7. The number of nitrogens with zero attached hydrogens (tertiary/aromatic N) is 2. The van der Waals surface area contributed by atoms with Crippen molar-refractivity contribution < 1.29 is 17.9 Å². The van der Waals surface area contributed by atoms with Crippen LogP contribution in [0.25, 0.3) is 0 Å². The molecule has 1 unspecified atom stereocenters. The SMILES string of the molecule is CCCC1=C(CC)CC(C)=C(N=C(Cc2cc3c(cc2CC)OCO3)CC(CC)CCS(N)(=O)=O)C(C)=N1. The number of rotatable bonds is 13. The van der Waals surface area contributed by atoms with Crippen molar-refractivity contribution in [2.75, 3.05) is 12.5 Å². The monoisotopic (exact) mass is 543 g/mol. The minimum atomic E-state index is -3.52. The zero-order valence-corrected chi connectivity index (χ0v) is 24.8. The van der Waals surface area contributed by atoms with E-state index >= 15 is 0 Å². The molecule has 0 saturated heterocycles. The van der Waals surface area contributed by atoms with Gasteiger partial charge in [0.25, 0.3) is 0 Å². The predicted octanol–water partition coefficient (Wildman–Crippen LogP) is 6.66. The second-order valence-corrected chi connectivity index (χ2v) is 12.2. The number of allylic oxidation sites excluding steroid dienone is 4. The normalized spacial score (nSPS) is 17.1. The van der Waals surface area contributed by atoms with Gasteiger partial charge in [0.15, 0.2) is 11.5 Å². The molecule has 1 aromatic rings. The molecule has 0 radical (unpaired) electrons. The fourth-order valence-electron chi connectivity index (χ4n) is 5.29. The molecule has 2 N–H and O–H groups in total. The molecule has 2 aliphatic rings. The maximum Gasteiger partial charge on any atom is 0.231 e. The number of fused-ring (bicyclic) bond motifs is 1. The predicted molar refractivity (Wildman–Crippen MR) is 157 cm³/mol. The van der Waals surface area contributed by atoms with Gasteiger partial charge in [0.05, 0.1) is 17.2 Å². The Morgan fingerprint density at radius 2 is 1.76 bits per heavy atom. The van der Waals surface area contributed by atoms with Crippen LogP contribution in [0.5, 0.6) is 11.5 Å². The Morgan fingerprint density at radius 3 is 2.34 bits per heavy atom. The Kier molecular flexibility index (Phi) is 10.7. The van der Waals surface area contributed by atoms with Crippen molar-refractivity contribution in [1.29, 1.82) is 0 Å². The van der Waals surface area contributed by atoms with Gasteiger partial charge in [-0.25, -0.2) is 13.6 Å². The van der Waals surface area contributed by atoms with Crippen LogP contribution in [-0.2, 0) is 22.9 Å². The van der Waals surface area contributed by atoms with E-state index in [1.165, 1.54) is 22.4 Å². The molecule has 0 amide bonds. The van der Waals surface area contributed by atoms with Gasteiger partial charge in [-0.05, 0) is 92.7 Å². The smallest absolute Gasteiger partial charge is 0.231 e. The van der Waals surface area contributed by atoms with Crippen LogP contribution >= 0.6 is 0 Å². The van der Waals surface area contributed by atoms with Crippen molar-refractivity contribution in [3.05, 3.63) is 45.8 Å². The van der Waals surface area contributed by atoms with Gasteiger partial charge in [-0.1, -0.05) is 40.5 Å². The molecule has 1 aromatic carbocycles. The van der Waals surface area contributed by atoms with Crippen LogP contribution in [0.4, 0.5) is 0 Å². The number of nitrogens with two attached hydrogens (primary N) is 1. The van der Waals surface area contributed by atoms with Gasteiger partial charge in [0.1, 0.15) is 0 Å². The third-order valence-electron chi connectivity index (χ3n) is 7.50. The van der Waals surface area contributed by atoms with Crippen LogP contribution in [0.2, 0.25) is 0 Å². The average molecular weight is 544 g/mol. The van der Waals surface area contributed by atoms with Gasteiger partial charge in [0.2, 0.25) is 16.8 Å². The van der Waals surface area contributed by atoms with Gasteiger partial charge >= 0.3 is 0 Å². The molecular weight excluding hydrogens is 498 g/mol. The Hall–Kier alpha value is -2.45. The molecule has 0 spiro atoms. The van der Waals surface area contributed by atoms with E-state index in [1.807, 2.05) is 0 Å². The molecule has 2 aliphatic heterocycles. The fraction of sp³-hybridized carbons (Fsp3) is 0.600. The molecule has 0 fully saturated rings. The van der Waals surface area contributed by atoms with Gasteiger partial charge in [-0.2, -0.15) is 0 Å². The van der Waals surface area contributed by atoms with Crippen molar-refractivity contribution in [1.82, 2.24) is 0 Å². The summed E-state index contributed by atoms with van der Waals surface area (Å²) in [7, 11) is -3.52. The zero-order valence-electron chi connectivity index (χ0n) is 24.0. The number of aryl methyl sites for hydroxylation is 1. The maximum atomic E-state index is 11.7. The molecule has 3 rings (SSSR count). The van der Waals surface area contributed by atoms with E-state index in [4.69, 9.17) is 24.6 Å². The first-order chi connectivity index (χ1) is 18.1. The van der Waals surface area contributed by atoms with Gasteiger partial charge in [-0.3, -0.25) is 9.98 Å². The summed E-state index contributed by atoms with van der Waals surface area (Å²) in [5.41, 5.74) is 9.12. The molecular formula is C30H45N3O4S. The number of ether oxygens (including phenoxy) is 2. The first kappa shape index (κ1) is 30.1. The summed E-state index contributed by atoms with van der Waals surface area (Å²) < 4.78 is 34.7. The number of aliphatic imine (C=N–C) groups is 2. The lowest BCUT2D eigenvalue weighted by Gasteiger charge is -2.19. The van der Waals surface area contributed by atoms with E-state index in [9.17, 15) is 8.42 Å². The highest BCUT2D eigenvalue weighted by Crippen LogP contribution is 2.36. The molecule has 7 nitrogen and oxygen atoms in total. The summed E-state index contributed by atoms with van der Waals surface area (Å²) in [4.78, 5) is 10.4. The quantitative estimate of drug-likeness (QED) is 0.281. The number of benzene rings is 1. The lowest BCUT2D eigenvalue weighted by atomic mass is 9.91. The van der Waals surface area contributed by atoms with Crippen LogP contribution in [0.3, 0.4) is 0 Å². The summed E-state index contributed by atoms with van der Waals surface area (Å²) in [6.45, 7) is 13.1. The molecule has 210 valence electrons. The Morgan fingerprint density at radius 1 is 1.08 bits per heavy atom. The van der Waals surface area contributed by atoms with E-state index in [-0.39, 0.29) is 18.5 Å². The lowest BCUT2D eigenvalue weighted by molar-refractivity contribution is 0.174. The fourth-order valence-corrected chi connectivity index (χ4v) is 5.96. The first-order valence-electron chi connectivity index (χ1n) is 14.0. The van der Waals surface area contributed by atoms with Crippen molar-refractivity contribution in [2.45, 2.75) is 99.3 Å². The lowest BCUT2D eigenvalue weighted by Crippen LogP contribution is -2.21. The zero-order chi connectivity index (χ0) is 27.9. The highest BCUT2D eigenvalue weighted by molar-refractivity contribution is 7.89. The van der Waals surface area contributed by atoms with E-state index in [0.29, 0.717) is 19.3 Å². The summed E-state index contributed by atoms with van der Waals surface area (Å²) >= 11 is 0. The molecule has 1 atom stereocenters. The Balaban J connectivity index is 2.03. The largest absolute Gasteiger partial charge is 0.454 e. The molecule has 0 saturated carbocycles. The molecule has 38 heavy (non-hydrogen) atoms. The Labute approximate surface area is 229 Å². The molecule has 0 bridgehead atoms. The van der Waals surface area contributed by atoms with Crippen LogP contribution in [0.15, 0.2) is 44.7 Å². The molecule has 2 heterocycles. The van der Waals surface area contributed by atoms with Crippen LogP contribution in [-0.4, -0.2) is 32.4 Å². The maximum absolute atomic E-state index is 11.7. The minimum Gasteiger partial charge on any atom is -0.454 e. The Bertz CT molecular complexity index is 1240. The summed E-state index contributed by atoms with van der Waals surface area (Å²) in [6.07, 6.45) is 7.49. The topological polar surface area (TPSA) is 103 Å². The average Bonchev–Trinajstić information content (AvgIpc) is 3.29. The minimum absolute atomic E-state index is 0.0185. The van der Waals surface area contributed by atoms with E-state index in [1.54, 1.807) is 0 Å². The van der Waals surface area contributed by atoms with Gasteiger partial charge in [0, 0.05) is 17.8 Å². The van der Waals surface area contributed by atoms with Crippen LogP contribution < -0.4 is 14.6 Å². The van der Waals surface area contributed by atoms with Crippen molar-refractivity contribution in [3.63, 3.8) is 0 Å². The van der Waals surface area contributed by atoms with Gasteiger partial charge < -0.3 is 9.47 Å². The number of sulfonamides is 1. The third-order valence-corrected chi connectivity index (χ3v) is 8.31. The summed E-state index contributed by atoms with van der Waals surface area (Å²) in [6, 6.07) is 4.15. The van der Waals surface area contributed by atoms with Crippen molar-refractivity contribution in [2.24, 2.45) is 21.0 Å². The highest BCUT2D eigenvalue weighted by atomic mass is 32.2. The number of hydrogen-bond acceptors (Lipinski definition) is 6. The van der Waals surface area contributed by atoms with Crippen LogP contribution in [0, 0.1) is 5.92 Å². The molecule has 0 aliphatic carbocycles. The number of hydrogen-bond donors (Lipinski definition) is 1. The van der Waals surface area contributed by atoms with E-state index < -0.39 is 10.0 Å². The second kappa shape index (κ2) is 13.6. The standard InChI is InChI=1S/C30H45N3O4S/c1-7-11-27-24(10-4)14-20(5)30(21(6)32-27)33-26(15-22(8-2)12-13-38(31,34)35)16-25-18-29-28(36-19-37-29)17-23(25)9-3/h17-18,22H,7-16,19H2,1-6H3,(H2,31,34,35). The summed E-state index contributed by atoms with van der Waals surface area (Å²) in [5, 5.41) is 5.34. The van der Waals surface area contributed by atoms with Crippen molar-refractivity contribution in [3.8, 4) is 11.5 Å².